The molecule has 0 aromatic heterocycles. The number of esters is 1. The van der Waals surface area contributed by atoms with E-state index in [1.165, 1.54) is 12.1 Å². The van der Waals surface area contributed by atoms with Crippen molar-refractivity contribution in [2.24, 2.45) is 0 Å². The van der Waals surface area contributed by atoms with Crippen LogP contribution in [0.3, 0.4) is 0 Å². The summed E-state index contributed by atoms with van der Waals surface area (Å²) in [5.41, 5.74) is 0.160. The molecule has 0 aliphatic carbocycles. The zero-order valence-electron chi connectivity index (χ0n) is 13.3. The average Bonchev–Trinajstić information content (AvgIpc) is 3.09. The van der Waals surface area contributed by atoms with Gasteiger partial charge < -0.3 is 19.5 Å². The van der Waals surface area contributed by atoms with Crippen LogP contribution >= 0.6 is 0 Å². The van der Waals surface area contributed by atoms with Crippen molar-refractivity contribution in [3.05, 3.63) is 29.8 Å². The molecule has 0 saturated carbocycles. The average molecular weight is 361 g/mol. The quantitative estimate of drug-likeness (QED) is 0.753. The Labute approximate surface area is 142 Å². The third-order valence-corrected chi connectivity index (χ3v) is 3.37. The second kappa shape index (κ2) is 8.70. The minimum absolute atomic E-state index is 0.0693. The summed E-state index contributed by atoms with van der Waals surface area (Å²) in [6, 6.07) is 6.02. The third-order valence-electron chi connectivity index (χ3n) is 3.37. The lowest BCUT2D eigenvalue weighted by Crippen LogP contribution is -2.36. The molecule has 1 aromatic rings. The molecule has 0 bridgehead atoms. The molecule has 1 aromatic carbocycles. The van der Waals surface area contributed by atoms with Crippen LogP contribution < -0.4 is 10.1 Å². The van der Waals surface area contributed by atoms with Gasteiger partial charge in [-0.15, -0.1) is 0 Å². The van der Waals surface area contributed by atoms with E-state index in [-0.39, 0.29) is 11.7 Å². The Morgan fingerprint density at radius 1 is 1.24 bits per heavy atom. The van der Waals surface area contributed by atoms with Gasteiger partial charge in [-0.1, -0.05) is 0 Å². The van der Waals surface area contributed by atoms with E-state index in [0.717, 1.165) is 19.4 Å². The fourth-order valence-electron chi connectivity index (χ4n) is 2.12. The largest absolute Gasteiger partial charge is 0.491 e. The maximum Gasteiger partial charge on any atom is 0.405 e. The maximum atomic E-state index is 11.9. The molecule has 0 unspecified atom stereocenters. The first kappa shape index (κ1) is 19.0. The Balaban J connectivity index is 1.73. The van der Waals surface area contributed by atoms with Crippen LogP contribution in [-0.4, -0.2) is 50.5 Å². The second-order valence-corrected chi connectivity index (χ2v) is 5.44. The summed E-state index contributed by atoms with van der Waals surface area (Å²) in [7, 11) is 0. The Hall–Kier alpha value is -2.29. The molecule has 6 nitrogen and oxygen atoms in total. The van der Waals surface area contributed by atoms with Crippen molar-refractivity contribution in [2.75, 3.05) is 26.4 Å². The lowest BCUT2D eigenvalue weighted by atomic mass is 10.2. The fourth-order valence-corrected chi connectivity index (χ4v) is 2.12. The van der Waals surface area contributed by atoms with Crippen LogP contribution in [0.2, 0.25) is 0 Å². The summed E-state index contributed by atoms with van der Waals surface area (Å²) in [6.07, 6.45) is -2.49. The standard InChI is InChI=1S/C16H18F3NO5/c17-16(18,19)10-20-14(21)9-25-15(22)11-3-5-12(6-4-11)24-8-13-2-1-7-23-13/h3-6,13H,1-2,7-10H2,(H,20,21)/t13-/m0/s1. The first-order valence-corrected chi connectivity index (χ1v) is 7.68. The molecule has 1 saturated heterocycles. The molecule has 0 radical (unpaired) electrons. The van der Waals surface area contributed by atoms with Gasteiger partial charge in [-0.2, -0.15) is 13.2 Å². The van der Waals surface area contributed by atoms with Gasteiger partial charge in [-0.05, 0) is 37.1 Å². The van der Waals surface area contributed by atoms with Crippen LogP contribution in [0.4, 0.5) is 13.2 Å². The summed E-state index contributed by atoms with van der Waals surface area (Å²) in [5, 5.41) is 1.61. The Kier molecular flexibility index (Phi) is 6.63. The van der Waals surface area contributed by atoms with E-state index < -0.39 is 31.2 Å². The van der Waals surface area contributed by atoms with E-state index in [0.29, 0.717) is 12.4 Å². The van der Waals surface area contributed by atoms with E-state index in [1.54, 1.807) is 17.4 Å². The molecule has 1 fully saturated rings. The Morgan fingerprint density at radius 2 is 1.96 bits per heavy atom. The van der Waals surface area contributed by atoms with Crippen molar-refractivity contribution in [2.45, 2.75) is 25.1 Å². The highest BCUT2D eigenvalue weighted by Gasteiger charge is 2.27. The highest BCUT2D eigenvalue weighted by atomic mass is 19.4. The van der Waals surface area contributed by atoms with Crippen LogP contribution in [0.1, 0.15) is 23.2 Å². The number of carbonyl (C=O) groups is 2. The molecular weight excluding hydrogens is 343 g/mol. The van der Waals surface area contributed by atoms with Gasteiger partial charge in [0.2, 0.25) is 0 Å². The van der Waals surface area contributed by atoms with Gasteiger partial charge in [0.05, 0.1) is 11.7 Å². The molecule has 9 heteroatoms. The van der Waals surface area contributed by atoms with Gasteiger partial charge >= 0.3 is 12.1 Å². The highest BCUT2D eigenvalue weighted by molar-refractivity contribution is 5.91. The van der Waals surface area contributed by atoms with Crippen molar-refractivity contribution < 1.29 is 37.0 Å². The van der Waals surface area contributed by atoms with Gasteiger partial charge in [0.25, 0.3) is 5.91 Å². The van der Waals surface area contributed by atoms with E-state index in [9.17, 15) is 22.8 Å². The molecule has 0 spiro atoms. The highest BCUT2D eigenvalue weighted by Crippen LogP contribution is 2.17. The minimum atomic E-state index is -4.51. The Bertz CT molecular complexity index is 582. The predicted octanol–water partition coefficient (Wildman–Crippen LogP) is 2.08. The summed E-state index contributed by atoms with van der Waals surface area (Å²) in [4.78, 5) is 22.9. The molecule has 138 valence electrons. The molecule has 1 amide bonds. The van der Waals surface area contributed by atoms with Gasteiger partial charge in [0.1, 0.15) is 18.9 Å². The van der Waals surface area contributed by atoms with Gasteiger partial charge in [-0.25, -0.2) is 4.79 Å². The number of benzene rings is 1. The van der Waals surface area contributed by atoms with Crippen LogP contribution in [0, 0.1) is 0 Å². The predicted molar refractivity (Wildman–Crippen MR) is 80.3 cm³/mol. The minimum Gasteiger partial charge on any atom is -0.491 e. The summed E-state index contributed by atoms with van der Waals surface area (Å²) < 4.78 is 51.4. The fraction of sp³-hybridized carbons (Fsp3) is 0.500. The molecule has 1 aliphatic rings. The second-order valence-electron chi connectivity index (χ2n) is 5.44. The topological polar surface area (TPSA) is 73.9 Å². The van der Waals surface area contributed by atoms with Gasteiger partial charge in [-0.3, -0.25) is 4.79 Å². The molecule has 1 heterocycles. The molecule has 2 rings (SSSR count). The van der Waals surface area contributed by atoms with Crippen molar-refractivity contribution >= 4 is 11.9 Å². The third kappa shape index (κ3) is 7.00. The molecule has 1 atom stereocenters. The van der Waals surface area contributed by atoms with E-state index in [1.807, 2.05) is 0 Å². The van der Waals surface area contributed by atoms with Crippen LogP contribution in [0.15, 0.2) is 24.3 Å². The van der Waals surface area contributed by atoms with Crippen LogP contribution in [-0.2, 0) is 14.3 Å². The summed E-state index contributed by atoms with van der Waals surface area (Å²) in [5.74, 6) is -1.29. The first-order chi connectivity index (χ1) is 11.8. The lowest BCUT2D eigenvalue weighted by molar-refractivity contribution is -0.140. The number of rotatable bonds is 7. The number of hydrogen-bond acceptors (Lipinski definition) is 5. The number of alkyl halides is 3. The first-order valence-electron chi connectivity index (χ1n) is 7.68. The number of hydrogen-bond donors (Lipinski definition) is 1. The van der Waals surface area contributed by atoms with Crippen molar-refractivity contribution in [1.29, 1.82) is 0 Å². The monoisotopic (exact) mass is 361 g/mol. The van der Waals surface area contributed by atoms with Gasteiger partial charge in [0.15, 0.2) is 6.61 Å². The summed E-state index contributed by atoms with van der Waals surface area (Å²) in [6.45, 7) is -1.11. The number of halogens is 3. The van der Waals surface area contributed by atoms with Crippen LogP contribution in [0.5, 0.6) is 5.75 Å². The van der Waals surface area contributed by atoms with E-state index in [4.69, 9.17) is 9.47 Å². The molecule has 25 heavy (non-hydrogen) atoms. The lowest BCUT2D eigenvalue weighted by Gasteiger charge is -2.12. The summed E-state index contributed by atoms with van der Waals surface area (Å²) >= 11 is 0. The van der Waals surface area contributed by atoms with Crippen molar-refractivity contribution in [3.8, 4) is 5.75 Å². The zero-order valence-corrected chi connectivity index (χ0v) is 13.3. The molecule has 1 N–H and O–H groups in total. The van der Waals surface area contributed by atoms with Crippen LogP contribution in [0.25, 0.3) is 0 Å². The maximum absolute atomic E-state index is 11.9. The molecular formula is C16H18F3NO5. The number of nitrogens with one attached hydrogen (secondary N) is 1. The molecule has 1 aliphatic heterocycles. The smallest absolute Gasteiger partial charge is 0.405 e. The van der Waals surface area contributed by atoms with E-state index >= 15 is 0 Å². The number of ether oxygens (including phenoxy) is 3. The number of amides is 1. The van der Waals surface area contributed by atoms with Gasteiger partial charge in [0, 0.05) is 6.61 Å². The normalized spacial score (nSPS) is 17.2. The Morgan fingerprint density at radius 3 is 2.56 bits per heavy atom. The van der Waals surface area contributed by atoms with Crippen molar-refractivity contribution in [1.82, 2.24) is 5.32 Å². The zero-order chi connectivity index (χ0) is 18.3. The number of carbonyl (C=O) groups excluding carboxylic acids is 2. The van der Waals surface area contributed by atoms with Crippen molar-refractivity contribution in [3.63, 3.8) is 0 Å². The SMILES string of the molecule is O=C(COC(=O)c1ccc(OC[C@@H]2CCCO2)cc1)NCC(F)(F)F. The van der Waals surface area contributed by atoms with E-state index in [2.05, 4.69) is 4.74 Å².